The number of amides is 1. The number of carboxylic acids is 1. The van der Waals surface area contributed by atoms with E-state index in [-0.39, 0.29) is 0 Å². The third-order valence-corrected chi connectivity index (χ3v) is 2.71. The number of rotatable bonds is 5. The molecule has 1 rings (SSSR count). The van der Waals surface area contributed by atoms with Crippen molar-refractivity contribution >= 4 is 11.9 Å². The molecule has 1 N–H and O–H groups in total. The van der Waals surface area contributed by atoms with Crippen LogP contribution in [0.5, 0.6) is 11.5 Å². The van der Waals surface area contributed by atoms with Crippen molar-refractivity contribution in [2.75, 3.05) is 27.8 Å². The van der Waals surface area contributed by atoms with E-state index in [2.05, 4.69) is 0 Å². The highest BCUT2D eigenvalue weighted by molar-refractivity contribution is 6.31. The Bertz CT molecular complexity index is 472. The number of carbonyl (C=O) groups is 2. The van der Waals surface area contributed by atoms with E-state index in [1.807, 2.05) is 6.07 Å². The number of nitrogens with zero attached hydrogens (tertiary/aromatic N) is 1. The van der Waals surface area contributed by atoms with Crippen molar-refractivity contribution in [3.05, 3.63) is 23.8 Å². The molecule has 0 saturated heterocycles. The SMILES string of the molecule is COc1ccc(CCN(C)C(=O)C(=O)O)cc1OC. The second-order valence-electron chi connectivity index (χ2n) is 3.97. The maximum absolute atomic E-state index is 11.2. The van der Waals surface area contributed by atoms with E-state index in [0.29, 0.717) is 24.5 Å². The van der Waals surface area contributed by atoms with Crippen LogP contribution < -0.4 is 9.47 Å². The summed E-state index contributed by atoms with van der Waals surface area (Å²) >= 11 is 0. The fourth-order valence-corrected chi connectivity index (χ4v) is 1.60. The van der Waals surface area contributed by atoms with Crippen LogP contribution in [-0.4, -0.2) is 49.7 Å². The summed E-state index contributed by atoms with van der Waals surface area (Å²) in [6.07, 6.45) is 0.538. The van der Waals surface area contributed by atoms with Crippen LogP contribution in [0.2, 0.25) is 0 Å². The third-order valence-electron chi connectivity index (χ3n) is 2.71. The molecule has 0 heterocycles. The van der Waals surface area contributed by atoms with Gasteiger partial charge in [0.05, 0.1) is 14.2 Å². The maximum atomic E-state index is 11.2. The predicted octanol–water partition coefficient (Wildman–Crippen LogP) is 0.789. The molecule has 0 aliphatic carbocycles. The quantitative estimate of drug-likeness (QED) is 0.798. The molecule has 0 bridgehead atoms. The molecule has 1 amide bonds. The monoisotopic (exact) mass is 267 g/mol. The number of carbonyl (C=O) groups excluding carboxylic acids is 1. The fourth-order valence-electron chi connectivity index (χ4n) is 1.60. The first-order chi connectivity index (χ1) is 8.99. The van der Waals surface area contributed by atoms with Gasteiger partial charge in [0.25, 0.3) is 0 Å². The molecule has 0 aliphatic heterocycles. The minimum atomic E-state index is -1.45. The largest absolute Gasteiger partial charge is 0.493 e. The second-order valence-corrected chi connectivity index (χ2v) is 3.97. The predicted molar refractivity (Wildman–Crippen MR) is 68.5 cm³/mol. The Labute approximate surface area is 111 Å². The lowest BCUT2D eigenvalue weighted by molar-refractivity contribution is -0.155. The number of carboxylic acid groups (broad SMARTS) is 1. The molecule has 0 saturated carbocycles. The Morgan fingerprint density at radius 2 is 1.84 bits per heavy atom. The summed E-state index contributed by atoms with van der Waals surface area (Å²) in [5, 5.41) is 8.57. The average molecular weight is 267 g/mol. The number of likely N-dealkylation sites (N-methyl/N-ethyl adjacent to an activating group) is 1. The van der Waals surface area contributed by atoms with Gasteiger partial charge in [-0.25, -0.2) is 4.79 Å². The number of hydrogen-bond donors (Lipinski definition) is 1. The highest BCUT2D eigenvalue weighted by atomic mass is 16.5. The van der Waals surface area contributed by atoms with Crippen LogP contribution in [0, 0.1) is 0 Å². The van der Waals surface area contributed by atoms with Gasteiger partial charge in [-0.05, 0) is 24.1 Å². The van der Waals surface area contributed by atoms with Gasteiger partial charge in [0, 0.05) is 13.6 Å². The van der Waals surface area contributed by atoms with Crippen molar-refractivity contribution in [3.8, 4) is 11.5 Å². The zero-order valence-electron chi connectivity index (χ0n) is 11.2. The standard InChI is InChI=1S/C13H17NO5/c1-14(12(15)13(16)17)7-6-9-4-5-10(18-2)11(8-9)19-3/h4-5,8H,6-7H2,1-3H3,(H,16,17). The molecular formula is C13H17NO5. The summed E-state index contributed by atoms with van der Waals surface area (Å²) in [6, 6.07) is 5.42. The minimum absolute atomic E-state index is 0.320. The Balaban J connectivity index is 2.68. The molecule has 1 aromatic carbocycles. The van der Waals surface area contributed by atoms with Crippen LogP contribution in [0.4, 0.5) is 0 Å². The summed E-state index contributed by atoms with van der Waals surface area (Å²) in [4.78, 5) is 22.8. The number of aliphatic carboxylic acids is 1. The van der Waals surface area contributed by atoms with Crippen molar-refractivity contribution in [3.63, 3.8) is 0 Å². The lowest BCUT2D eigenvalue weighted by atomic mass is 10.1. The zero-order chi connectivity index (χ0) is 14.4. The number of ether oxygens (including phenoxy) is 2. The normalized spacial score (nSPS) is 9.84. The van der Waals surface area contributed by atoms with E-state index in [4.69, 9.17) is 14.6 Å². The van der Waals surface area contributed by atoms with Crippen molar-refractivity contribution in [2.24, 2.45) is 0 Å². The first-order valence-corrected chi connectivity index (χ1v) is 5.69. The summed E-state index contributed by atoms with van der Waals surface area (Å²) in [7, 11) is 4.55. The van der Waals surface area contributed by atoms with E-state index in [1.54, 1.807) is 26.4 Å². The Kier molecular flexibility index (Phi) is 5.17. The van der Waals surface area contributed by atoms with Gasteiger partial charge in [0.15, 0.2) is 11.5 Å². The Morgan fingerprint density at radius 3 is 2.37 bits per heavy atom. The van der Waals surface area contributed by atoms with E-state index in [0.717, 1.165) is 5.56 Å². The summed E-state index contributed by atoms with van der Waals surface area (Å²) in [6.45, 7) is 0.320. The smallest absolute Gasteiger partial charge is 0.394 e. The zero-order valence-corrected chi connectivity index (χ0v) is 11.2. The van der Waals surface area contributed by atoms with Gasteiger partial charge >= 0.3 is 11.9 Å². The molecule has 0 fully saturated rings. The molecule has 104 valence electrons. The van der Waals surface area contributed by atoms with Gasteiger partial charge in [0.1, 0.15) is 0 Å². The average Bonchev–Trinajstić information content (AvgIpc) is 2.43. The van der Waals surface area contributed by atoms with Crippen molar-refractivity contribution in [1.82, 2.24) is 4.90 Å². The number of benzene rings is 1. The van der Waals surface area contributed by atoms with Crippen LogP contribution in [0.25, 0.3) is 0 Å². The van der Waals surface area contributed by atoms with Crippen LogP contribution >= 0.6 is 0 Å². The first kappa shape index (κ1) is 14.8. The van der Waals surface area contributed by atoms with Gasteiger partial charge in [-0.15, -0.1) is 0 Å². The summed E-state index contributed by atoms with van der Waals surface area (Å²) in [5.41, 5.74) is 0.933. The molecule has 1 aromatic rings. The molecule has 6 heteroatoms. The van der Waals surface area contributed by atoms with Crippen LogP contribution in [0.3, 0.4) is 0 Å². The number of hydrogen-bond acceptors (Lipinski definition) is 4. The Hall–Kier alpha value is -2.24. The van der Waals surface area contributed by atoms with Crippen molar-refractivity contribution in [1.29, 1.82) is 0 Å². The molecule has 0 atom stereocenters. The van der Waals surface area contributed by atoms with Gasteiger partial charge in [-0.3, -0.25) is 4.79 Å². The lowest BCUT2D eigenvalue weighted by Crippen LogP contribution is -2.34. The molecule has 19 heavy (non-hydrogen) atoms. The third kappa shape index (κ3) is 3.87. The fraction of sp³-hybridized carbons (Fsp3) is 0.385. The van der Waals surface area contributed by atoms with Crippen molar-refractivity contribution < 1.29 is 24.2 Å². The van der Waals surface area contributed by atoms with Gasteiger partial charge in [-0.1, -0.05) is 6.07 Å². The van der Waals surface area contributed by atoms with Crippen LogP contribution in [-0.2, 0) is 16.0 Å². The highest BCUT2D eigenvalue weighted by Gasteiger charge is 2.16. The minimum Gasteiger partial charge on any atom is -0.493 e. The van der Waals surface area contributed by atoms with E-state index in [1.165, 1.54) is 11.9 Å². The maximum Gasteiger partial charge on any atom is 0.394 e. The molecule has 0 unspecified atom stereocenters. The number of methoxy groups -OCH3 is 2. The van der Waals surface area contributed by atoms with Gasteiger partial charge in [-0.2, -0.15) is 0 Å². The first-order valence-electron chi connectivity index (χ1n) is 5.69. The molecule has 6 nitrogen and oxygen atoms in total. The van der Waals surface area contributed by atoms with Crippen LogP contribution in [0.1, 0.15) is 5.56 Å². The van der Waals surface area contributed by atoms with Crippen LogP contribution in [0.15, 0.2) is 18.2 Å². The highest BCUT2D eigenvalue weighted by Crippen LogP contribution is 2.27. The van der Waals surface area contributed by atoms with Gasteiger partial charge < -0.3 is 19.5 Å². The lowest BCUT2D eigenvalue weighted by Gasteiger charge is -2.15. The summed E-state index contributed by atoms with van der Waals surface area (Å²) in [5.74, 6) is -1.14. The molecule has 0 spiro atoms. The van der Waals surface area contributed by atoms with Gasteiger partial charge in [0.2, 0.25) is 0 Å². The van der Waals surface area contributed by atoms with Crippen molar-refractivity contribution in [2.45, 2.75) is 6.42 Å². The topological polar surface area (TPSA) is 76.1 Å². The molecular weight excluding hydrogens is 250 g/mol. The Morgan fingerprint density at radius 1 is 1.21 bits per heavy atom. The van der Waals surface area contributed by atoms with E-state index >= 15 is 0 Å². The van der Waals surface area contributed by atoms with E-state index in [9.17, 15) is 9.59 Å². The van der Waals surface area contributed by atoms with E-state index < -0.39 is 11.9 Å². The molecule has 0 aromatic heterocycles. The molecule has 0 aliphatic rings. The second kappa shape index (κ2) is 6.63. The summed E-state index contributed by atoms with van der Waals surface area (Å²) < 4.78 is 10.3. The molecule has 0 radical (unpaired) electrons.